The van der Waals surface area contributed by atoms with E-state index >= 15 is 0 Å². The van der Waals surface area contributed by atoms with Gasteiger partial charge in [0, 0.05) is 24.2 Å². The van der Waals surface area contributed by atoms with E-state index in [-0.39, 0.29) is 29.0 Å². The van der Waals surface area contributed by atoms with E-state index in [4.69, 9.17) is 18.9 Å². The normalized spacial score (nSPS) is 17.6. The Morgan fingerprint density at radius 2 is 1.40 bits per heavy atom. The number of aromatic hydroxyl groups is 3. The van der Waals surface area contributed by atoms with Gasteiger partial charge in [-0.2, -0.15) is 0 Å². The van der Waals surface area contributed by atoms with Crippen LogP contribution in [0.4, 0.5) is 0 Å². The maximum absolute atomic E-state index is 10.7. The van der Waals surface area contributed by atoms with Crippen LogP contribution in [0, 0.1) is 0 Å². The standard InChI is InChI=1S/C33H34N2O7/c1-39-29-14-21-10-12-35-33(25(21)17-28(29)38)41-23-7-8-27(37)30(16-23)42-32-18-24-20(15-31(32)40-2)9-11-34-26(24)13-19-3-5-22(36)6-4-19/h3-8,14-18,26,33-38H,9-13H2,1-2H3/t26-,33+/m0/s1. The summed E-state index contributed by atoms with van der Waals surface area (Å²) in [6.07, 6.45) is 1.86. The molecular weight excluding hydrogens is 536 g/mol. The van der Waals surface area contributed by atoms with Crippen LogP contribution >= 0.6 is 0 Å². The molecule has 218 valence electrons. The van der Waals surface area contributed by atoms with Crippen LogP contribution in [0.25, 0.3) is 0 Å². The largest absolute Gasteiger partial charge is 0.508 e. The molecule has 0 bridgehead atoms. The van der Waals surface area contributed by atoms with Crippen molar-refractivity contribution in [3.05, 3.63) is 94.5 Å². The first-order valence-corrected chi connectivity index (χ1v) is 13.9. The molecule has 42 heavy (non-hydrogen) atoms. The lowest BCUT2D eigenvalue weighted by Crippen LogP contribution is -2.33. The maximum atomic E-state index is 10.7. The zero-order valence-corrected chi connectivity index (χ0v) is 23.5. The third-order valence-electron chi connectivity index (χ3n) is 7.81. The summed E-state index contributed by atoms with van der Waals surface area (Å²) in [6, 6.07) is 19.6. The lowest BCUT2D eigenvalue weighted by Gasteiger charge is -2.29. The highest BCUT2D eigenvalue weighted by atomic mass is 16.5. The van der Waals surface area contributed by atoms with Crippen molar-refractivity contribution in [2.24, 2.45) is 0 Å². The highest BCUT2D eigenvalue weighted by Gasteiger charge is 2.26. The van der Waals surface area contributed by atoms with E-state index < -0.39 is 6.23 Å². The van der Waals surface area contributed by atoms with Crippen LogP contribution in [0.15, 0.2) is 66.7 Å². The Labute approximate surface area is 244 Å². The Bertz CT molecular complexity index is 1590. The number of ether oxygens (including phenoxy) is 4. The molecule has 0 amide bonds. The first kappa shape index (κ1) is 27.6. The monoisotopic (exact) mass is 570 g/mol. The molecule has 2 atom stereocenters. The number of benzene rings is 4. The van der Waals surface area contributed by atoms with Gasteiger partial charge in [-0.05, 0) is 96.6 Å². The molecule has 6 rings (SSSR count). The predicted molar refractivity (Wildman–Crippen MR) is 157 cm³/mol. The first-order chi connectivity index (χ1) is 20.4. The van der Waals surface area contributed by atoms with E-state index in [1.54, 1.807) is 37.4 Å². The van der Waals surface area contributed by atoms with Crippen molar-refractivity contribution in [2.45, 2.75) is 31.5 Å². The summed E-state index contributed by atoms with van der Waals surface area (Å²) < 4.78 is 23.5. The molecular formula is C33H34N2O7. The van der Waals surface area contributed by atoms with Crippen LogP contribution in [0.3, 0.4) is 0 Å². The van der Waals surface area contributed by atoms with Crippen molar-refractivity contribution >= 4 is 0 Å². The van der Waals surface area contributed by atoms with E-state index in [9.17, 15) is 15.3 Å². The summed E-state index contributed by atoms with van der Waals surface area (Å²) >= 11 is 0. The Kier molecular flexibility index (Phi) is 7.69. The van der Waals surface area contributed by atoms with Crippen LogP contribution < -0.4 is 29.6 Å². The fourth-order valence-electron chi connectivity index (χ4n) is 5.65. The average molecular weight is 571 g/mol. The van der Waals surface area contributed by atoms with Crippen molar-refractivity contribution < 1.29 is 34.3 Å². The molecule has 0 saturated heterocycles. The molecule has 0 unspecified atom stereocenters. The minimum atomic E-state index is -0.507. The van der Waals surface area contributed by atoms with Crippen LogP contribution in [-0.4, -0.2) is 42.6 Å². The van der Waals surface area contributed by atoms with E-state index in [2.05, 4.69) is 10.6 Å². The van der Waals surface area contributed by atoms with Crippen molar-refractivity contribution in [2.75, 3.05) is 27.3 Å². The molecule has 2 aliphatic rings. The fraction of sp³-hybridized carbons (Fsp3) is 0.273. The van der Waals surface area contributed by atoms with Gasteiger partial charge in [-0.3, -0.25) is 5.32 Å². The molecule has 0 saturated carbocycles. The molecule has 0 aliphatic carbocycles. The predicted octanol–water partition coefficient (Wildman–Crippen LogP) is 5.27. The Morgan fingerprint density at radius 3 is 2.17 bits per heavy atom. The van der Waals surface area contributed by atoms with Gasteiger partial charge in [-0.1, -0.05) is 12.1 Å². The molecule has 9 nitrogen and oxygen atoms in total. The van der Waals surface area contributed by atoms with Crippen LogP contribution in [-0.2, 0) is 19.3 Å². The van der Waals surface area contributed by atoms with E-state index in [1.807, 2.05) is 30.3 Å². The molecule has 4 aromatic rings. The molecule has 0 aromatic heterocycles. The van der Waals surface area contributed by atoms with Crippen molar-refractivity contribution in [3.8, 4) is 46.0 Å². The van der Waals surface area contributed by atoms with E-state index in [0.717, 1.165) is 48.1 Å². The van der Waals surface area contributed by atoms with Crippen molar-refractivity contribution in [1.29, 1.82) is 0 Å². The molecule has 0 radical (unpaired) electrons. The van der Waals surface area contributed by atoms with Crippen LogP contribution in [0.5, 0.6) is 46.0 Å². The van der Waals surface area contributed by atoms with Crippen LogP contribution in [0.1, 0.15) is 40.1 Å². The highest BCUT2D eigenvalue weighted by Crippen LogP contribution is 2.43. The van der Waals surface area contributed by atoms with Gasteiger partial charge >= 0.3 is 0 Å². The van der Waals surface area contributed by atoms with Gasteiger partial charge in [-0.15, -0.1) is 0 Å². The van der Waals surface area contributed by atoms with Crippen LogP contribution in [0.2, 0.25) is 0 Å². The number of nitrogens with one attached hydrogen (secondary N) is 2. The molecule has 2 heterocycles. The topological polar surface area (TPSA) is 122 Å². The molecule has 5 N–H and O–H groups in total. The minimum absolute atomic E-state index is 0.0414. The summed E-state index contributed by atoms with van der Waals surface area (Å²) in [6.45, 7) is 1.53. The van der Waals surface area contributed by atoms with Gasteiger partial charge in [0.25, 0.3) is 0 Å². The number of methoxy groups -OCH3 is 2. The number of phenols is 3. The molecule has 9 heteroatoms. The number of hydrogen-bond donors (Lipinski definition) is 5. The lowest BCUT2D eigenvalue weighted by atomic mass is 9.90. The van der Waals surface area contributed by atoms with Gasteiger partial charge in [0.15, 0.2) is 40.7 Å². The van der Waals surface area contributed by atoms with Gasteiger partial charge in [0.2, 0.25) is 0 Å². The maximum Gasteiger partial charge on any atom is 0.176 e. The van der Waals surface area contributed by atoms with Gasteiger partial charge in [0.1, 0.15) is 11.5 Å². The molecule has 2 aliphatic heterocycles. The minimum Gasteiger partial charge on any atom is -0.508 e. The zero-order valence-electron chi connectivity index (χ0n) is 23.5. The Hall–Kier alpha value is -4.60. The van der Waals surface area contributed by atoms with Gasteiger partial charge in [0.05, 0.1) is 14.2 Å². The third kappa shape index (κ3) is 5.61. The highest BCUT2D eigenvalue weighted by molar-refractivity contribution is 5.54. The number of hydrogen-bond acceptors (Lipinski definition) is 9. The summed E-state index contributed by atoms with van der Waals surface area (Å²) in [5.74, 6) is 2.41. The zero-order chi connectivity index (χ0) is 29.2. The van der Waals surface area contributed by atoms with E-state index in [1.165, 1.54) is 18.7 Å². The number of rotatable bonds is 8. The Balaban J connectivity index is 1.27. The molecule has 4 aromatic carbocycles. The molecule has 0 spiro atoms. The van der Waals surface area contributed by atoms with Gasteiger partial charge < -0.3 is 39.6 Å². The smallest absolute Gasteiger partial charge is 0.176 e. The third-order valence-corrected chi connectivity index (χ3v) is 7.81. The number of phenolic OH excluding ortho intramolecular Hbond substituents is 3. The second-order valence-electron chi connectivity index (χ2n) is 10.5. The summed E-state index contributed by atoms with van der Waals surface area (Å²) in [5, 5.41) is 37.7. The molecule has 0 fully saturated rings. The number of fused-ring (bicyclic) bond motifs is 2. The fourth-order valence-corrected chi connectivity index (χ4v) is 5.65. The summed E-state index contributed by atoms with van der Waals surface area (Å²) in [5.41, 5.74) is 5.21. The SMILES string of the molecule is COc1cc2c(cc1O)[C@@H](Oc1ccc(O)c(Oc3cc4c(cc3OC)CCN[C@H]4Cc3ccc(O)cc3)c1)NCC2. The average Bonchev–Trinajstić information content (AvgIpc) is 3.00. The van der Waals surface area contributed by atoms with Crippen molar-refractivity contribution in [1.82, 2.24) is 10.6 Å². The summed E-state index contributed by atoms with van der Waals surface area (Å²) in [7, 11) is 3.12. The quantitative estimate of drug-likeness (QED) is 0.193. The Morgan fingerprint density at radius 1 is 0.690 bits per heavy atom. The van der Waals surface area contributed by atoms with Gasteiger partial charge in [-0.25, -0.2) is 0 Å². The summed E-state index contributed by atoms with van der Waals surface area (Å²) in [4.78, 5) is 0. The second kappa shape index (κ2) is 11.7. The van der Waals surface area contributed by atoms with Crippen molar-refractivity contribution in [3.63, 3.8) is 0 Å². The first-order valence-electron chi connectivity index (χ1n) is 13.9. The second-order valence-corrected chi connectivity index (χ2v) is 10.5. The lowest BCUT2D eigenvalue weighted by molar-refractivity contribution is 0.157. The van der Waals surface area contributed by atoms with E-state index in [0.29, 0.717) is 29.5 Å².